The predicted octanol–water partition coefficient (Wildman–Crippen LogP) is 4.15. The molecule has 1 aromatic rings. The standard InChI is InChI=1S/C13H21NS2/c1-3-4-5-9-16-13-8-6-7-12(15-2)11(13)10-14/h6-8H,3-5,9-10,14H2,1-2H3. The lowest BCUT2D eigenvalue weighted by atomic mass is 10.2. The van der Waals surface area contributed by atoms with Crippen LogP contribution in [0.15, 0.2) is 28.0 Å². The van der Waals surface area contributed by atoms with Crippen LogP contribution in [0, 0.1) is 0 Å². The van der Waals surface area contributed by atoms with Crippen molar-refractivity contribution in [2.45, 2.75) is 42.5 Å². The second-order valence-corrected chi connectivity index (χ2v) is 5.68. The number of nitrogens with two attached hydrogens (primary N) is 1. The normalized spacial score (nSPS) is 10.7. The Bertz CT molecular complexity index is 313. The van der Waals surface area contributed by atoms with Crippen LogP contribution in [0.3, 0.4) is 0 Å². The van der Waals surface area contributed by atoms with Gasteiger partial charge in [-0.05, 0) is 36.1 Å². The molecule has 0 aromatic heterocycles. The van der Waals surface area contributed by atoms with Crippen LogP contribution in [0.5, 0.6) is 0 Å². The summed E-state index contributed by atoms with van der Waals surface area (Å²) in [4.78, 5) is 2.69. The van der Waals surface area contributed by atoms with Crippen LogP contribution in [0.4, 0.5) is 0 Å². The van der Waals surface area contributed by atoms with Gasteiger partial charge in [0, 0.05) is 16.3 Å². The van der Waals surface area contributed by atoms with E-state index in [1.165, 1.54) is 40.4 Å². The van der Waals surface area contributed by atoms with Crippen LogP contribution in [-0.4, -0.2) is 12.0 Å². The highest BCUT2D eigenvalue weighted by Crippen LogP contribution is 2.30. The van der Waals surface area contributed by atoms with Gasteiger partial charge in [0.15, 0.2) is 0 Å². The highest BCUT2D eigenvalue weighted by Gasteiger charge is 2.06. The zero-order chi connectivity index (χ0) is 11.8. The maximum absolute atomic E-state index is 5.83. The van der Waals surface area contributed by atoms with Crippen molar-refractivity contribution in [2.24, 2.45) is 5.73 Å². The molecular formula is C13H21NS2. The van der Waals surface area contributed by atoms with Gasteiger partial charge >= 0.3 is 0 Å². The highest BCUT2D eigenvalue weighted by molar-refractivity contribution is 7.99. The molecule has 0 amide bonds. The number of thioether (sulfide) groups is 2. The van der Waals surface area contributed by atoms with Crippen molar-refractivity contribution in [3.05, 3.63) is 23.8 Å². The fourth-order valence-corrected chi connectivity index (χ4v) is 3.44. The maximum atomic E-state index is 5.83. The Morgan fingerprint density at radius 3 is 2.56 bits per heavy atom. The SMILES string of the molecule is CCCCCSc1cccc(SC)c1CN. The van der Waals surface area contributed by atoms with Crippen LogP contribution >= 0.6 is 23.5 Å². The van der Waals surface area contributed by atoms with E-state index < -0.39 is 0 Å². The van der Waals surface area contributed by atoms with Gasteiger partial charge in [-0.3, -0.25) is 0 Å². The molecule has 0 aliphatic heterocycles. The van der Waals surface area contributed by atoms with E-state index in [9.17, 15) is 0 Å². The molecule has 2 N–H and O–H groups in total. The van der Waals surface area contributed by atoms with E-state index in [-0.39, 0.29) is 0 Å². The summed E-state index contributed by atoms with van der Waals surface area (Å²) < 4.78 is 0. The Balaban J connectivity index is 2.63. The van der Waals surface area contributed by atoms with E-state index in [1.54, 1.807) is 11.8 Å². The Labute approximate surface area is 108 Å². The molecule has 90 valence electrons. The smallest absolute Gasteiger partial charge is 0.0200 e. The van der Waals surface area contributed by atoms with Gasteiger partial charge in [-0.25, -0.2) is 0 Å². The largest absolute Gasteiger partial charge is 0.326 e. The summed E-state index contributed by atoms with van der Waals surface area (Å²) in [5.74, 6) is 1.21. The summed E-state index contributed by atoms with van der Waals surface area (Å²) in [6.45, 7) is 2.89. The van der Waals surface area contributed by atoms with E-state index in [0.29, 0.717) is 6.54 Å². The number of benzene rings is 1. The number of hydrogen-bond acceptors (Lipinski definition) is 3. The molecule has 16 heavy (non-hydrogen) atoms. The average Bonchev–Trinajstić information content (AvgIpc) is 2.34. The first kappa shape index (κ1) is 13.9. The molecule has 0 heterocycles. The lowest BCUT2D eigenvalue weighted by Crippen LogP contribution is -2.00. The van der Waals surface area contributed by atoms with Crippen molar-refractivity contribution in [2.75, 3.05) is 12.0 Å². The van der Waals surface area contributed by atoms with Crippen LogP contribution in [0.25, 0.3) is 0 Å². The number of rotatable bonds is 7. The molecule has 0 aliphatic carbocycles. The van der Waals surface area contributed by atoms with Crippen molar-refractivity contribution < 1.29 is 0 Å². The first-order valence-electron chi connectivity index (χ1n) is 5.82. The fourth-order valence-electron chi connectivity index (χ4n) is 1.61. The van der Waals surface area contributed by atoms with Crippen molar-refractivity contribution in [1.82, 2.24) is 0 Å². The minimum absolute atomic E-state index is 0.646. The molecule has 1 aromatic carbocycles. The minimum atomic E-state index is 0.646. The fraction of sp³-hybridized carbons (Fsp3) is 0.538. The molecule has 1 nitrogen and oxygen atoms in total. The van der Waals surface area contributed by atoms with Gasteiger partial charge in [0.2, 0.25) is 0 Å². The molecule has 0 radical (unpaired) electrons. The maximum Gasteiger partial charge on any atom is 0.0200 e. The summed E-state index contributed by atoms with van der Waals surface area (Å²) in [6, 6.07) is 6.48. The molecule has 0 bridgehead atoms. The third-order valence-electron chi connectivity index (χ3n) is 2.52. The Morgan fingerprint density at radius 2 is 1.94 bits per heavy atom. The second-order valence-electron chi connectivity index (χ2n) is 3.70. The first-order chi connectivity index (χ1) is 7.83. The lowest BCUT2D eigenvalue weighted by Gasteiger charge is -2.11. The van der Waals surface area contributed by atoms with E-state index in [1.807, 2.05) is 11.8 Å². The summed E-state index contributed by atoms with van der Waals surface area (Å²) in [7, 11) is 0. The third kappa shape index (κ3) is 4.04. The zero-order valence-electron chi connectivity index (χ0n) is 10.2. The zero-order valence-corrected chi connectivity index (χ0v) is 11.8. The molecule has 0 atom stereocenters. The van der Waals surface area contributed by atoms with Crippen LogP contribution < -0.4 is 5.73 Å². The molecule has 0 saturated heterocycles. The monoisotopic (exact) mass is 255 g/mol. The Kier molecular flexibility index (Phi) is 7.01. The van der Waals surface area contributed by atoms with Gasteiger partial charge < -0.3 is 5.73 Å². The second kappa shape index (κ2) is 8.04. The molecule has 1 rings (SSSR count). The molecule has 0 saturated carbocycles. The van der Waals surface area contributed by atoms with Crippen molar-refractivity contribution in [3.63, 3.8) is 0 Å². The van der Waals surface area contributed by atoms with Crippen molar-refractivity contribution in [3.8, 4) is 0 Å². The Hall–Kier alpha value is -0.120. The topological polar surface area (TPSA) is 26.0 Å². The molecule has 0 fully saturated rings. The van der Waals surface area contributed by atoms with Gasteiger partial charge in [0.1, 0.15) is 0 Å². The highest BCUT2D eigenvalue weighted by atomic mass is 32.2. The quantitative estimate of drug-likeness (QED) is 0.585. The van der Waals surface area contributed by atoms with Crippen LogP contribution in [0.2, 0.25) is 0 Å². The van der Waals surface area contributed by atoms with E-state index in [0.717, 1.165) is 0 Å². The van der Waals surface area contributed by atoms with Crippen molar-refractivity contribution in [1.29, 1.82) is 0 Å². The first-order valence-corrected chi connectivity index (χ1v) is 8.03. The summed E-state index contributed by atoms with van der Waals surface area (Å²) in [5, 5.41) is 0. The lowest BCUT2D eigenvalue weighted by molar-refractivity contribution is 0.778. The van der Waals surface area contributed by atoms with E-state index in [2.05, 4.69) is 31.4 Å². The molecule has 3 heteroatoms. The summed E-state index contributed by atoms with van der Waals surface area (Å²) in [5.41, 5.74) is 7.15. The Morgan fingerprint density at radius 1 is 1.19 bits per heavy atom. The number of hydrogen-bond donors (Lipinski definition) is 1. The van der Waals surface area contributed by atoms with Gasteiger partial charge in [-0.1, -0.05) is 25.8 Å². The molecule has 0 unspecified atom stereocenters. The van der Waals surface area contributed by atoms with E-state index in [4.69, 9.17) is 5.73 Å². The third-order valence-corrected chi connectivity index (χ3v) is 4.53. The number of unbranched alkanes of at least 4 members (excludes halogenated alkanes) is 2. The van der Waals surface area contributed by atoms with E-state index >= 15 is 0 Å². The molecule has 0 spiro atoms. The predicted molar refractivity (Wildman–Crippen MR) is 76.4 cm³/mol. The average molecular weight is 255 g/mol. The van der Waals surface area contributed by atoms with Gasteiger partial charge in [-0.15, -0.1) is 23.5 Å². The summed E-state index contributed by atoms with van der Waals surface area (Å²) in [6.07, 6.45) is 6.02. The van der Waals surface area contributed by atoms with Gasteiger partial charge in [0.05, 0.1) is 0 Å². The van der Waals surface area contributed by atoms with Crippen molar-refractivity contribution >= 4 is 23.5 Å². The van der Waals surface area contributed by atoms with Gasteiger partial charge in [0.25, 0.3) is 0 Å². The summed E-state index contributed by atoms with van der Waals surface area (Å²) >= 11 is 3.73. The van der Waals surface area contributed by atoms with Crippen LogP contribution in [0.1, 0.15) is 31.7 Å². The molecule has 0 aliphatic rings. The molecular weight excluding hydrogens is 234 g/mol. The van der Waals surface area contributed by atoms with Crippen LogP contribution in [-0.2, 0) is 6.54 Å². The minimum Gasteiger partial charge on any atom is -0.326 e. The van der Waals surface area contributed by atoms with Gasteiger partial charge in [-0.2, -0.15) is 0 Å².